The molecule has 0 spiro atoms. The molecule has 1 rings (SSSR count). The third kappa shape index (κ3) is 1.96. The highest BCUT2D eigenvalue weighted by molar-refractivity contribution is 5.13. The highest BCUT2D eigenvalue weighted by Gasteiger charge is 2.04. The van der Waals surface area contributed by atoms with Crippen LogP contribution in [0, 0.1) is 0 Å². The van der Waals surface area contributed by atoms with Crippen LogP contribution in [0.4, 0.5) is 8.78 Å². The van der Waals surface area contributed by atoms with Crippen molar-refractivity contribution in [1.82, 2.24) is 0 Å². The first-order valence-electron chi connectivity index (χ1n) is 2.95. The predicted octanol–water partition coefficient (Wildman–Crippen LogP) is 2.53. The molecule has 0 radical (unpaired) electrons. The van der Waals surface area contributed by atoms with E-state index in [2.05, 4.69) is 0 Å². The molecule has 0 nitrogen and oxygen atoms in total. The molecule has 0 unspecified atom stereocenters. The Hall–Kier alpha value is -0.660. The molecule has 0 aliphatic heterocycles. The summed E-state index contributed by atoms with van der Waals surface area (Å²) in [6.45, 7) is 0. The van der Waals surface area contributed by atoms with Gasteiger partial charge >= 0.3 is 0 Å². The number of rotatable bonds is 0. The third-order valence-corrected chi connectivity index (χ3v) is 1.24. The zero-order valence-electron chi connectivity index (χ0n) is 4.98. The molecule has 0 aromatic carbocycles. The number of hydrogen-bond acceptors (Lipinski definition) is 0. The van der Waals surface area contributed by atoms with Crippen molar-refractivity contribution in [2.45, 2.75) is 19.0 Å². The smallest absolute Gasteiger partial charge is 0.119 e. The van der Waals surface area contributed by atoms with E-state index in [0.717, 1.165) is 0 Å². The normalized spacial score (nSPS) is 27.3. The van der Waals surface area contributed by atoms with Gasteiger partial charge < -0.3 is 0 Å². The average molecular weight is 130 g/mol. The molecular formula is C7H8F2. The summed E-state index contributed by atoms with van der Waals surface area (Å²) < 4.78 is 24.6. The van der Waals surface area contributed by atoms with Crippen molar-refractivity contribution in [2.24, 2.45) is 0 Å². The van der Waals surface area contributed by atoms with Crippen molar-refractivity contribution in [3.05, 3.63) is 24.1 Å². The van der Waals surface area contributed by atoms with Crippen LogP contribution >= 0.6 is 0 Å². The molecule has 2 heteroatoms. The topological polar surface area (TPSA) is 0 Å². The summed E-state index contributed by atoms with van der Waals surface area (Å²) >= 11 is 0. The fourth-order valence-corrected chi connectivity index (χ4v) is 0.733. The quantitative estimate of drug-likeness (QED) is 0.472. The second kappa shape index (κ2) is 2.76. The van der Waals surface area contributed by atoms with E-state index in [1.165, 1.54) is 18.2 Å². The van der Waals surface area contributed by atoms with Gasteiger partial charge in [0.25, 0.3) is 0 Å². The van der Waals surface area contributed by atoms with Crippen LogP contribution in [-0.4, -0.2) is 6.17 Å². The van der Waals surface area contributed by atoms with Gasteiger partial charge in [-0.15, -0.1) is 0 Å². The van der Waals surface area contributed by atoms with Crippen molar-refractivity contribution in [2.75, 3.05) is 0 Å². The predicted molar refractivity (Wildman–Crippen MR) is 32.5 cm³/mol. The van der Waals surface area contributed by atoms with E-state index in [0.29, 0.717) is 6.42 Å². The number of hydrogen-bond donors (Lipinski definition) is 0. The van der Waals surface area contributed by atoms with E-state index in [4.69, 9.17) is 0 Å². The molecule has 1 aliphatic rings. The lowest BCUT2D eigenvalue weighted by atomic mass is 10.2. The molecule has 0 aromatic heterocycles. The van der Waals surface area contributed by atoms with Gasteiger partial charge in [0.15, 0.2) is 0 Å². The van der Waals surface area contributed by atoms with Crippen LogP contribution in [0.25, 0.3) is 0 Å². The molecule has 0 bridgehead atoms. The van der Waals surface area contributed by atoms with Gasteiger partial charge in [-0.1, -0.05) is 6.08 Å². The minimum atomic E-state index is -0.894. The fraction of sp³-hybridized carbons (Fsp3) is 0.429. The van der Waals surface area contributed by atoms with Crippen molar-refractivity contribution in [1.29, 1.82) is 0 Å². The molecule has 0 aromatic rings. The van der Waals surface area contributed by atoms with Gasteiger partial charge in [0.05, 0.1) is 0 Å². The van der Waals surface area contributed by atoms with Gasteiger partial charge in [0.1, 0.15) is 12.0 Å². The largest absolute Gasteiger partial charge is 0.247 e. The molecule has 0 fully saturated rings. The first-order chi connectivity index (χ1) is 4.29. The second-order valence-electron chi connectivity index (χ2n) is 2.06. The Balaban J connectivity index is 2.58. The molecule has 1 aliphatic carbocycles. The minimum Gasteiger partial charge on any atom is -0.247 e. The molecule has 0 amide bonds. The maximum Gasteiger partial charge on any atom is 0.119 e. The molecule has 9 heavy (non-hydrogen) atoms. The van der Waals surface area contributed by atoms with Crippen LogP contribution in [0.5, 0.6) is 0 Å². The number of allylic oxidation sites excluding steroid dienone is 4. The Morgan fingerprint density at radius 3 is 3.00 bits per heavy atom. The van der Waals surface area contributed by atoms with E-state index in [9.17, 15) is 8.78 Å². The van der Waals surface area contributed by atoms with Crippen LogP contribution in [0.1, 0.15) is 12.8 Å². The molecule has 0 saturated heterocycles. The maximum absolute atomic E-state index is 12.4. The first-order valence-corrected chi connectivity index (χ1v) is 2.95. The lowest BCUT2D eigenvalue weighted by Gasteiger charge is -1.95. The SMILES string of the molecule is FC1=CC[C@H](F)CC=C1. The summed E-state index contributed by atoms with van der Waals surface area (Å²) in [7, 11) is 0. The van der Waals surface area contributed by atoms with Crippen LogP contribution in [0.15, 0.2) is 24.1 Å². The zero-order chi connectivity index (χ0) is 6.69. The number of alkyl halides is 1. The standard InChI is InChI=1S/C7H8F2/c8-6-2-1-3-7(9)5-4-6/h1-2,4,7H,3,5H2/t7-/m1/s1. The molecule has 0 heterocycles. The van der Waals surface area contributed by atoms with Gasteiger partial charge in [0, 0.05) is 0 Å². The van der Waals surface area contributed by atoms with E-state index >= 15 is 0 Å². The Kier molecular flexibility index (Phi) is 1.98. The average Bonchev–Trinajstić information content (AvgIpc) is 1.97. The number of halogens is 2. The first kappa shape index (κ1) is 6.46. The highest BCUT2D eigenvalue weighted by Crippen LogP contribution is 2.13. The lowest BCUT2D eigenvalue weighted by molar-refractivity contribution is 0.340. The fourth-order valence-electron chi connectivity index (χ4n) is 0.733. The van der Waals surface area contributed by atoms with E-state index in [-0.39, 0.29) is 12.2 Å². The minimum absolute atomic E-state index is 0.207. The van der Waals surface area contributed by atoms with Crippen LogP contribution < -0.4 is 0 Å². The van der Waals surface area contributed by atoms with Crippen LogP contribution in [-0.2, 0) is 0 Å². The molecule has 1 atom stereocenters. The van der Waals surface area contributed by atoms with Crippen molar-refractivity contribution in [3.8, 4) is 0 Å². The van der Waals surface area contributed by atoms with Crippen LogP contribution in [0.3, 0.4) is 0 Å². The third-order valence-electron chi connectivity index (χ3n) is 1.24. The van der Waals surface area contributed by atoms with Crippen LogP contribution in [0.2, 0.25) is 0 Å². The molecule has 0 saturated carbocycles. The summed E-state index contributed by atoms with van der Waals surface area (Å²) in [5, 5.41) is 0. The molecular weight excluding hydrogens is 122 g/mol. The highest BCUT2D eigenvalue weighted by atomic mass is 19.1. The van der Waals surface area contributed by atoms with Gasteiger partial charge in [-0.2, -0.15) is 0 Å². The van der Waals surface area contributed by atoms with E-state index in [1.807, 2.05) is 0 Å². The summed E-state index contributed by atoms with van der Waals surface area (Å²) in [5.74, 6) is -0.324. The monoisotopic (exact) mass is 130 g/mol. The molecule has 0 N–H and O–H groups in total. The Morgan fingerprint density at radius 1 is 1.44 bits per heavy atom. The van der Waals surface area contributed by atoms with Gasteiger partial charge in [-0.05, 0) is 25.0 Å². The van der Waals surface area contributed by atoms with Gasteiger partial charge in [-0.3, -0.25) is 0 Å². The summed E-state index contributed by atoms with van der Waals surface area (Å²) in [6.07, 6.45) is 3.74. The summed E-state index contributed by atoms with van der Waals surface area (Å²) in [4.78, 5) is 0. The lowest BCUT2D eigenvalue weighted by Crippen LogP contribution is -1.93. The Morgan fingerprint density at radius 2 is 2.22 bits per heavy atom. The van der Waals surface area contributed by atoms with Gasteiger partial charge in [-0.25, -0.2) is 8.78 Å². The van der Waals surface area contributed by atoms with Crippen molar-refractivity contribution >= 4 is 0 Å². The second-order valence-corrected chi connectivity index (χ2v) is 2.06. The van der Waals surface area contributed by atoms with E-state index < -0.39 is 6.17 Å². The van der Waals surface area contributed by atoms with Gasteiger partial charge in [0.2, 0.25) is 0 Å². The van der Waals surface area contributed by atoms with Crippen molar-refractivity contribution < 1.29 is 8.78 Å². The van der Waals surface area contributed by atoms with Crippen molar-refractivity contribution in [3.63, 3.8) is 0 Å². The summed E-state index contributed by atoms with van der Waals surface area (Å²) in [5.41, 5.74) is 0. The Bertz CT molecular complexity index is 147. The summed E-state index contributed by atoms with van der Waals surface area (Å²) in [6, 6.07) is 0. The molecule has 50 valence electrons. The maximum atomic E-state index is 12.4. The Labute approximate surface area is 52.9 Å². The zero-order valence-corrected chi connectivity index (χ0v) is 4.98. The van der Waals surface area contributed by atoms with E-state index in [1.54, 1.807) is 0 Å².